The van der Waals surface area contributed by atoms with Crippen molar-refractivity contribution in [2.24, 2.45) is 0 Å². The molecule has 1 atom stereocenters. The monoisotopic (exact) mass is 372 g/mol. The van der Waals surface area contributed by atoms with E-state index in [-0.39, 0.29) is 37.4 Å². The Balaban J connectivity index is 1.41. The summed E-state index contributed by atoms with van der Waals surface area (Å²) in [5.74, 6) is 0.521. The first-order valence-corrected chi connectivity index (χ1v) is 8.95. The lowest BCUT2D eigenvalue weighted by Crippen LogP contribution is -2.39. The molecule has 1 fully saturated rings. The molecule has 1 N–H and O–H groups in total. The van der Waals surface area contributed by atoms with Gasteiger partial charge in [0.1, 0.15) is 12.3 Å². The Labute approximate surface area is 158 Å². The van der Waals surface area contributed by atoms with Crippen molar-refractivity contribution in [1.82, 2.24) is 14.7 Å². The lowest BCUT2D eigenvalue weighted by atomic mass is 10.2. The maximum absolute atomic E-state index is 12.3. The van der Waals surface area contributed by atoms with E-state index < -0.39 is 0 Å². The number of benzene rings is 1. The molecule has 1 saturated heterocycles. The van der Waals surface area contributed by atoms with Crippen molar-refractivity contribution in [1.29, 1.82) is 0 Å². The van der Waals surface area contributed by atoms with E-state index >= 15 is 0 Å². The van der Waals surface area contributed by atoms with Crippen molar-refractivity contribution in [2.45, 2.75) is 25.4 Å². The Morgan fingerprint density at radius 3 is 2.93 bits per heavy atom. The highest BCUT2D eigenvalue weighted by molar-refractivity contribution is 5.90. The van der Waals surface area contributed by atoms with Crippen LogP contribution in [0.4, 0.5) is 5.69 Å². The Kier molecular flexibility index (Phi) is 6.43. The smallest absolute Gasteiger partial charge is 0.244 e. The van der Waals surface area contributed by atoms with Gasteiger partial charge in [0.15, 0.2) is 0 Å². The standard InChI is InChI=1S/C19H24N4O4/c1-22(16-7-9-26-14-16)19(25)13-23-12-15(11-20-23)21-18(24)8-10-27-17-5-3-2-4-6-17/h2-6,11-12,16H,7-10,13-14H2,1H3,(H,21,24). The number of rotatable bonds is 8. The first-order valence-electron chi connectivity index (χ1n) is 8.95. The Morgan fingerprint density at radius 2 is 2.19 bits per heavy atom. The molecule has 8 heteroatoms. The van der Waals surface area contributed by atoms with Gasteiger partial charge in [0.05, 0.1) is 37.6 Å². The summed E-state index contributed by atoms with van der Waals surface area (Å²) >= 11 is 0. The van der Waals surface area contributed by atoms with E-state index in [4.69, 9.17) is 9.47 Å². The van der Waals surface area contributed by atoms with Gasteiger partial charge in [0, 0.05) is 19.9 Å². The lowest BCUT2D eigenvalue weighted by Gasteiger charge is -2.23. The van der Waals surface area contributed by atoms with Crippen LogP contribution in [0.25, 0.3) is 0 Å². The number of anilines is 1. The fourth-order valence-corrected chi connectivity index (χ4v) is 2.80. The van der Waals surface area contributed by atoms with Gasteiger partial charge in [-0.15, -0.1) is 0 Å². The molecule has 2 aromatic rings. The van der Waals surface area contributed by atoms with Gasteiger partial charge in [0.2, 0.25) is 11.8 Å². The van der Waals surface area contributed by atoms with Gasteiger partial charge in [-0.25, -0.2) is 0 Å². The van der Waals surface area contributed by atoms with Crippen LogP contribution in [-0.4, -0.2) is 59.4 Å². The van der Waals surface area contributed by atoms with Crippen molar-refractivity contribution in [3.63, 3.8) is 0 Å². The summed E-state index contributed by atoms with van der Waals surface area (Å²) in [7, 11) is 1.78. The van der Waals surface area contributed by atoms with E-state index in [9.17, 15) is 9.59 Å². The van der Waals surface area contributed by atoms with E-state index in [0.717, 1.165) is 12.2 Å². The van der Waals surface area contributed by atoms with E-state index in [0.29, 0.717) is 18.9 Å². The molecule has 8 nitrogen and oxygen atoms in total. The number of ether oxygens (including phenoxy) is 2. The predicted octanol–water partition coefficient (Wildman–Crippen LogP) is 1.54. The highest BCUT2D eigenvalue weighted by Gasteiger charge is 2.24. The van der Waals surface area contributed by atoms with E-state index in [1.165, 1.54) is 10.9 Å². The van der Waals surface area contributed by atoms with Crippen molar-refractivity contribution >= 4 is 17.5 Å². The van der Waals surface area contributed by atoms with Crippen LogP contribution in [0.5, 0.6) is 5.75 Å². The highest BCUT2D eigenvalue weighted by Crippen LogP contribution is 2.12. The van der Waals surface area contributed by atoms with Crippen LogP contribution in [0.1, 0.15) is 12.8 Å². The maximum atomic E-state index is 12.3. The van der Waals surface area contributed by atoms with Crippen molar-refractivity contribution < 1.29 is 19.1 Å². The number of nitrogens with zero attached hydrogens (tertiary/aromatic N) is 3. The van der Waals surface area contributed by atoms with Crippen LogP contribution in [-0.2, 0) is 20.9 Å². The molecule has 0 aliphatic carbocycles. The fraction of sp³-hybridized carbons (Fsp3) is 0.421. The zero-order valence-corrected chi connectivity index (χ0v) is 15.3. The molecule has 3 rings (SSSR count). The topological polar surface area (TPSA) is 85.7 Å². The van der Waals surface area contributed by atoms with Gasteiger partial charge < -0.3 is 19.7 Å². The third-order valence-corrected chi connectivity index (χ3v) is 4.40. The highest BCUT2D eigenvalue weighted by atomic mass is 16.5. The number of likely N-dealkylation sites (N-methyl/N-ethyl adjacent to an activating group) is 1. The first kappa shape index (κ1) is 18.9. The summed E-state index contributed by atoms with van der Waals surface area (Å²) < 4.78 is 12.3. The third-order valence-electron chi connectivity index (χ3n) is 4.40. The van der Waals surface area contributed by atoms with Crippen LogP contribution in [0.15, 0.2) is 42.7 Å². The van der Waals surface area contributed by atoms with E-state index in [1.54, 1.807) is 18.1 Å². The molecule has 2 heterocycles. The average Bonchev–Trinajstić information content (AvgIpc) is 3.34. The quantitative estimate of drug-likeness (QED) is 0.760. The normalized spacial score (nSPS) is 16.1. The summed E-state index contributed by atoms with van der Waals surface area (Å²) in [5, 5.41) is 6.90. The number of hydrogen-bond acceptors (Lipinski definition) is 5. The number of hydrogen-bond donors (Lipinski definition) is 1. The summed E-state index contributed by atoms with van der Waals surface area (Å²) in [6.07, 6.45) is 4.26. The summed E-state index contributed by atoms with van der Waals surface area (Å²) in [5.41, 5.74) is 0.555. The molecule has 1 aliphatic heterocycles. The molecule has 1 unspecified atom stereocenters. The van der Waals surface area contributed by atoms with Gasteiger partial charge in [0.25, 0.3) is 0 Å². The molecular formula is C19H24N4O4. The van der Waals surface area contributed by atoms with E-state index in [1.807, 2.05) is 30.3 Å². The SMILES string of the molecule is CN(C(=O)Cn1cc(NC(=O)CCOc2ccccc2)cn1)C1CCOC1. The van der Waals surface area contributed by atoms with Crippen molar-refractivity contribution in [2.75, 3.05) is 32.2 Å². The minimum absolute atomic E-state index is 0.0391. The number of nitrogens with one attached hydrogen (secondary N) is 1. The van der Waals surface area contributed by atoms with E-state index in [2.05, 4.69) is 10.4 Å². The molecule has 1 aliphatic rings. The minimum atomic E-state index is -0.169. The summed E-state index contributed by atoms with van der Waals surface area (Å²) in [6, 6.07) is 9.46. The van der Waals surface area contributed by atoms with Crippen molar-refractivity contribution in [3.05, 3.63) is 42.7 Å². The molecule has 0 saturated carbocycles. The molecule has 1 aromatic heterocycles. The lowest BCUT2D eigenvalue weighted by molar-refractivity contribution is -0.132. The molecule has 1 aromatic carbocycles. The van der Waals surface area contributed by atoms with Gasteiger partial charge in [-0.1, -0.05) is 18.2 Å². The second-order valence-electron chi connectivity index (χ2n) is 6.41. The molecule has 144 valence electrons. The summed E-state index contributed by atoms with van der Waals surface area (Å²) in [6.45, 7) is 1.68. The molecule has 0 spiro atoms. The molecule has 27 heavy (non-hydrogen) atoms. The van der Waals surface area contributed by atoms with Crippen LogP contribution in [0.3, 0.4) is 0 Å². The summed E-state index contributed by atoms with van der Waals surface area (Å²) in [4.78, 5) is 26.0. The number of carbonyl (C=O) groups is 2. The van der Waals surface area contributed by atoms with Crippen LogP contribution >= 0.6 is 0 Å². The van der Waals surface area contributed by atoms with Gasteiger partial charge in [-0.3, -0.25) is 14.3 Å². The molecule has 0 bridgehead atoms. The Bertz CT molecular complexity index is 756. The Hall–Kier alpha value is -2.87. The Morgan fingerprint density at radius 1 is 1.37 bits per heavy atom. The molecule has 0 radical (unpaired) electrons. The molecule has 2 amide bonds. The van der Waals surface area contributed by atoms with Crippen LogP contribution in [0.2, 0.25) is 0 Å². The van der Waals surface area contributed by atoms with Crippen LogP contribution in [0, 0.1) is 0 Å². The number of para-hydroxylation sites is 1. The number of amides is 2. The zero-order valence-electron chi connectivity index (χ0n) is 15.3. The number of carbonyl (C=O) groups excluding carboxylic acids is 2. The minimum Gasteiger partial charge on any atom is -0.493 e. The first-order chi connectivity index (χ1) is 13.1. The largest absolute Gasteiger partial charge is 0.493 e. The average molecular weight is 372 g/mol. The predicted molar refractivity (Wildman–Crippen MR) is 99.4 cm³/mol. The van der Waals surface area contributed by atoms with Gasteiger partial charge >= 0.3 is 0 Å². The second-order valence-corrected chi connectivity index (χ2v) is 6.41. The van der Waals surface area contributed by atoms with Crippen LogP contribution < -0.4 is 10.1 Å². The third kappa shape index (κ3) is 5.55. The van der Waals surface area contributed by atoms with Gasteiger partial charge in [-0.05, 0) is 18.6 Å². The zero-order chi connectivity index (χ0) is 19.1. The number of aromatic nitrogens is 2. The van der Waals surface area contributed by atoms with Crippen molar-refractivity contribution in [3.8, 4) is 5.75 Å². The second kappa shape index (κ2) is 9.18. The van der Waals surface area contributed by atoms with Gasteiger partial charge in [-0.2, -0.15) is 5.10 Å². The maximum Gasteiger partial charge on any atom is 0.244 e. The fourth-order valence-electron chi connectivity index (χ4n) is 2.80. The molecular weight excluding hydrogens is 348 g/mol.